The molecule has 2 fully saturated rings. The lowest BCUT2D eigenvalue weighted by Crippen LogP contribution is -2.45. The predicted molar refractivity (Wildman–Crippen MR) is 179 cm³/mol. The maximum Gasteiger partial charge on any atom is 0.410 e. The summed E-state index contributed by atoms with van der Waals surface area (Å²) in [5, 5.41) is 8.39. The first-order chi connectivity index (χ1) is 21.8. The Labute approximate surface area is 275 Å². The molecule has 1 unspecified atom stereocenters. The highest BCUT2D eigenvalue weighted by Crippen LogP contribution is 2.37. The van der Waals surface area contributed by atoms with Gasteiger partial charge < -0.3 is 25.0 Å². The van der Waals surface area contributed by atoms with Gasteiger partial charge in [0.1, 0.15) is 23.0 Å². The number of hydrogen-bond donors (Lipinski definition) is 2. The number of fused-ring (bicyclic) bond motifs is 2. The van der Waals surface area contributed by atoms with E-state index in [9.17, 15) is 14.4 Å². The SMILES string of the molecule is Cc1nc2cc(-c3ncc(C(C)NC(=O)OC(C)(C)C)s3)c(N[C@H]3CCN4C(=O)OC[C@@H]4C3)cc2c(=O)n1Cc1ccc(Cl)cc1. The maximum absolute atomic E-state index is 13.9. The van der Waals surface area contributed by atoms with E-state index in [0.29, 0.717) is 41.4 Å². The Kier molecular flexibility index (Phi) is 8.68. The molecular weight excluding hydrogens is 628 g/mol. The molecule has 13 heteroatoms. The number of piperidine rings is 1. The molecule has 4 aromatic rings. The maximum atomic E-state index is 13.9. The van der Waals surface area contributed by atoms with Gasteiger partial charge in [-0.2, -0.15) is 0 Å². The number of amides is 2. The highest BCUT2D eigenvalue weighted by Gasteiger charge is 2.38. The third kappa shape index (κ3) is 6.82. The van der Waals surface area contributed by atoms with Crippen molar-refractivity contribution in [1.29, 1.82) is 0 Å². The molecule has 0 radical (unpaired) electrons. The molecule has 2 aromatic carbocycles. The fourth-order valence-corrected chi connectivity index (χ4v) is 6.93. The Bertz CT molecular complexity index is 1850. The fourth-order valence-electron chi connectivity index (χ4n) is 5.85. The van der Waals surface area contributed by atoms with Gasteiger partial charge >= 0.3 is 12.2 Å². The van der Waals surface area contributed by atoms with E-state index >= 15 is 0 Å². The average Bonchev–Trinajstić information content (AvgIpc) is 3.62. The van der Waals surface area contributed by atoms with Gasteiger partial charge in [-0.05, 0) is 77.3 Å². The molecule has 242 valence electrons. The summed E-state index contributed by atoms with van der Waals surface area (Å²) in [4.78, 5) is 50.7. The molecule has 0 saturated carbocycles. The Hall–Kier alpha value is -4.16. The van der Waals surface area contributed by atoms with Crippen LogP contribution in [0, 0.1) is 6.92 Å². The number of halogens is 1. The van der Waals surface area contributed by atoms with E-state index < -0.39 is 11.7 Å². The van der Waals surface area contributed by atoms with Crippen molar-refractivity contribution in [2.45, 2.75) is 77.7 Å². The van der Waals surface area contributed by atoms with Gasteiger partial charge in [-0.1, -0.05) is 23.7 Å². The minimum Gasteiger partial charge on any atom is -0.447 e. The lowest BCUT2D eigenvalue weighted by atomic mass is 9.97. The second-order valence-electron chi connectivity index (χ2n) is 12.8. The van der Waals surface area contributed by atoms with E-state index in [1.807, 2.05) is 58.9 Å². The standard InChI is InChI=1S/C33H37ClN6O5S/c1-18(36-31(42)45-33(3,4)5)28-15-35-29(46-28)24-13-27-25(14-26(24)38-22-10-11-39-23(12-22)17-44-32(39)43)30(41)40(19(2)37-27)16-20-6-8-21(34)9-7-20/h6-9,13-15,18,22-23,38H,10-12,16-17H2,1-5H3,(H,36,42)/t18?,22-,23-/m0/s1. The predicted octanol–water partition coefficient (Wildman–Crippen LogP) is 6.51. The molecule has 2 aromatic heterocycles. The second kappa shape index (κ2) is 12.6. The molecule has 0 spiro atoms. The van der Waals surface area contributed by atoms with Crippen molar-refractivity contribution in [3.8, 4) is 10.6 Å². The van der Waals surface area contributed by atoms with Crippen molar-refractivity contribution in [2.75, 3.05) is 18.5 Å². The first-order valence-electron chi connectivity index (χ1n) is 15.3. The number of cyclic esters (lactones) is 1. The lowest BCUT2D eigenvalue weighted by molar-refractivity contribution is 0.0508. The van der Waals surface area contributed by atoms with Crippen LogP contribution in [0.1, 0.15) is 62.8 Å². The minimum absolute atomic E-state index is 0.00909. The van der Waals surface area contributed by atoms with Gasteiger partial charge in [0.2, 0.25) is 0 Å². The van der Waals surface area contributed by atoms with Gasteiger partial charge in [0.25, 0.3) is 5.56 Å². The number of aryl methyl sites for hydroxylation is 1. The van der Waals surface area contributed by atoms with Gasteiger partial charge in [-0.15, -0.1) is 11.3 Å². The smallest absolute Gasteiger partial charge is 0.410 e. The molecule has 4 heterocycles. The van der Waals surface area contributed by atoms with E-state index in [1.54, 1.807) is 27.8 Å². The van der Waals surface area contributed by atoms with Gasteiger partial charge in [0.15, 0.2) is 0 Å². The first-order valence-corrected chi connectivity index (χ1v) is 16.5. The van der Waals surface area contributed by atoms with Crippen LogP contribution in [0.2, 0.25) is 5.02 Å². The number of anilines is 1. The molecule has 0 aliphatic carbocycles. The average molecular weight is 665 g/mol. The largest absolute Gasteiger partial charge is 0.447 e. The summed E-state index contributed by atoms with van der Waals surface area (Å²) >= 11 is 7.53. The number of nitrogens with one attached hydrogen (secondary N) is 2. The van der Waals surface area contributed by atoms with E-state index in [0.717, 1.165) is 39.5 Å². The number of benzene rings is 2. The van der Waals surface area contributed by atoms with E-state index in [2.05, 4.69) is 10.6 Å². The molecule has 11 nitrogen and oxygen atoms in total. The zero-order valence-corrected chi connectivity index (χ0v) is 28.0. The monoisotopic (exact) mass is 664 g/mol. The van der Waals surface area contributed by atoms with Crippen molar-refractivity contribution in [3.05, 3.63) is 74.2 Å². The van der Waals surface area contributed by atoms with Gasteiger partial charge in [-0.25, -0.2) is 19.6 Å². The summed E-state index contributed by atoms with van der Waals surface area (Å²) in [6, 6.07) is 10.9. The van der Waals surface area contributed by atoms with E-state index in [-0.39, 0.29) is 29.8 Å². The number of aromatic nitrogens is 3. The summed E-state index contributed by atoms with van der Waals surface area (Å²) in [5.41, 5.74) is 2.31. The van der Waals surface area contributed by atoms with E-state index in [1.165, 1.54) is 11.3 Å². The molecule has 2 saturated heterocycles. The topological polar surface area (TPSA) is 128 Å². The van der Waals surface area contributed by atoms with Crippen LogP contribution in [-0.4, -0.2) is 62.5 Å². The zero-order valence-electron chi connectivity index (χ0n) is 26.4. The van der Waals surface area contributed by atoms with Crippen LogP contribution >= 0.6 is 22.9 Å². The molecule has 2 N–H and O–H groups in total. The lowest BCUT2D eigenvalue weighted by Gasteiger charge is -2.33. The molecule has 3 atom stereocenters. The fraction of sp³-hybridized carbons (Fsp3) is 0.424. The number of nitrogens with zero attached hydrogens (tertiary/aromatic N) is 4. The summed E-state index contributed by atoms with van der Waals surface area (Å²) in [6.45, 7) is 10.5. The molecular formula is C33H37ClN6O5S. The van der Waals surface area contributed by atoms with Crippen LogP contribution in [0.15, 0.2) is 47.4 Å². The van der Waals surface area contributed by atoms with Crippen LogP contribution in [-0.2, 0) is 16.0 Å². The van der Waals surface area contributed by atoms with Gasteiger partial charge in [0, 0.05) is 39.9 Å². The van der Waals surface area contributed by atoms with Crippen molar-refractivity contribution in [3.63, 3.8) is 0 Å². The minimum atomic E-state index is -0.610. The summed E-state index contributed by atoms with van der Waals surface area (Å²) in [5.74, 6) is 0.590. The van der Waals surface area contributed by atoms with E-state index in [4.69, 9.17) is 31.0 Å². The summed E-state index contributed by atoms with van der Waals surface area (Å²) < 4.78 is 12.4. The number of thiazole rings is 1. The Morgan fingerprint density at radius 1 is 1.22 bits per heavy atom. The van der Waals surface area contributed by atoms with Crippen molar-refractivity contribution >= 4 is 51.7 Å². The molecule has 2 amide bonds. The van der Waals surface area contributed by atoms with Crippen molar-refractivity contribution in [2.24, 2.45) is 0 Å². The number of alkyl carbamates (subject to hydrolysis) is 1. The zero-order chi connectivity index (χ0) is 32.7. The van der Waals surface area contributed by atoms with Crippen molar-refractivity contribution < 1.29 is 19.1 Å². The number of hydrogen-bond acceptors (Lipinski definition) is 9. The molecule has 6 rings (SSSR count). The highest BCUT2D eigenvalue weighted by molar-refractivity contribution is 7.15. The molecule has 2 aliphatic rings. The highest BCUT2D eigenvalue weighted by atomic mass is 35.5. The van der Waals surface area contributed by atoms with Crippen molar-refractivity contribution in [1.82, 2.24) is 24.8 Å². The third-order valence-corrected chi connectivity index (χ3v) is 9.63. The normalized spacial score (nSPS) is 18.7. The summed E-state index contributed by atoms with van der Waals surface area (Å²) in [7, 11) is 0. The van der Waals surface area contributed by atoms with Gasteiger partial charge in [-0.3, -0.25) is 9.36 Å². The number of rotatable bonds is 7. The number of ether oxygens (including phenoxy) is 2. The molecule has 0 bridgehead atoms. The quantitative estimate of drug-likeness (QED) is 0.229. The van der Waals surface area contributed by atoms with Crippen LogP contribution < -0.4 is 16.2 Å². The second-order valence-corrected chi connectivity index (χ2v) is 14.3. The van der Waals surface area contributed by atoms with Crippen LogP contribution in [0.4, 0.5) is 15.3 Å². The number of carbonyl (C=O) groups is 2. The van der Waals surface area contributed by atoms with Crippen LogP contribution in [0.5, 0.6) is 0 Å². The Balaban J connectivity index is 1.36. The Morgan fingerprint density at radius 2 is 1.98 bits per heavy atom. The van der Waals surface area contributed by atoms with Crippen LogP contribution in [0.3, 0.4) is 0 Å². The molecule has 46 heavy (non-hydrogen) atoms. The third-order valence-electron chi connectivity index (χ3n) is 8.16. The summed E-state index contributed by atoms with van der Waals surface area (Å²) in [6.07, 6.45) is 2.44. The number of carbonyl (C=O) groups excluding carboxylic acids is 2. The molecule has 2 aliphatic heterocycles. The van der Waals surface area contributed by atoms with Gasteiger partial charge in [0.05, 0.1) is 29.5 Å². The first kappa shape index (κ1) is 31.8. The van der Waals surface area contributed by atoms with Crippen LogP contribution in [0.25, 0.3) is 21.5 Å². The Morgan fingerprint density at radius 3 is 2.72 bits per heavy atom.